The van der Waals surface area contributed by atoms with Crippen molar-refractivity contribution >= 4 is 33.8 Å². The van der Waals surface area contributed by atoms with Gasteiger partial charge in [0.15, 0.2) is 0 Å². The molecule has 0 unspecified atom stereocenters. The van der Waals surface area contributed by atoms with Crippen LogP contribution in [-0.4, -0.2) is 21.7 Å². The van der Waals surface area contributed by atoms with E-state index in [9.17, 15) is 19.1 Å². The average Bonchev–Trinajstić information content (AvgIpc) is 2.92. The van der Waals surface area contributed by atoms with Gasteiger partial charge >= 0.3 is 0 Å². The first kappa shape index (κ1) is 14.4. The number of carbonyl (C=O) groups is 2. The van der Waals surface area contributed by atoms with Crippen molar-refractivity contribution in [2.24, 2.45) is 0 Å². The van der Waals surface area contributed by atoms with Crippen LogP contribution in [-0.2, 0) is 4.79 Å². The zero-order chi connectivity index (χ0) is 17.0. The van der Waals surface area contributed by atoms with Gasteiger partial charge in [-0.05, 0) is 18.6 Å². The Morgan fingerprint density at radius 3 is 2.38 bits per heavy atom. The highest BCUT2D eigenvalue weighted by molar-refractivity contribution is 6.62. The summed E-state index contributed by atoms with van der Waals surface area (Å²) >= 11 is 0. The van der Waals surface area contributed by atoms with E-state index in [2.05, 4.69) is 4.98 Å². The SMILES string of the molecule is Cc1c(C2=C(O)c3ccccc3C(=O)C2=O)[nH]c2c(F)cccc12. The summed E-state index contributed by atoms with van der Waals surface area (Å²) in [4.78, 5) is 27.7. The summed E-state index contributed by atoms with van der Waals surface area (Å²) in [5, 5.41) is 11.2. The molecule has 4 rings (SSSR count). The van der Waals surface area contributed by atoms with Crippen molar-refractivity contribution < 1.29 is 19.1 Å². The van der Waals surface area contributed by atoms with Crippen LogP contribution in [0.4, 0.5) is 4.39 Å². The molecular weight excluding hydrogens is 309 g/mol. The molecule has 2 aromatic carbocycles. The number of nitrogens with one attached hydrogen (secondary N) is 1. The molecule has 0 atom stereocenters. The number of Topliss-reactive ketones (excluding diaryl/α,β-unsaturated/α-hetero) is 2. The van der Waals surface area contributed by atoms with E-state index in [1.807, 2.05) is 0 Å². The number of halogens is 1. The second kappa shape index (κ2) is 4.89. The summed E-state index contributed by atoms with van der Waals surface area (Å²) < 4.78 is 14.0. The second-order valence-corrected chi connectivity index (χ2v) is 5.71. The Hall–Kier alpha value is -3.21. The van der Waals surface area contributed by atoms with E-state index < -0.39 is 17.4 Å². The van der Waals surface area contributed by atoms with Gasteiger partial charge in [-0.25, -0.2) is 4.39 Å². The number of para-hydroxylation sites is 1. The Bertz CT molecular complexity index is 1080. The number of aryl methyl sites for hydroxylation is 1. The van der Waals surface area contributed by atoms with Crippen molar-refractivity contribution in [3.05, 3.63) is 70.7 Å². The highest BCUT2D eigenvalue weighted by atomic mass is 19.1. The molecule has 0 saturated heterocycles. The van der Waals surface area contributed by atoms with Gasteiger partial charge in [0.2, 0.25) is 11.6 Å². The highest BCUT2D eigenvalue weighted by Gasteiger charge is 2.35. The predicted octanol–water partition coefficient (Wildman–Crippen LogP) is 3.81. The molecule has 118 valence electrons. The van der Waals surface area contributed by atoms with Crippen molar-refractivity contribution in [3.8, 4) is 0 Å². The number of aromatic amines is 1. The van der Waals surface area contributed by atoms with Crippen LogP contribution in [0.2, 0.25) is 0 Å². The first-order valence-electron chi connectivity index (χ1n) is 7.39. The van der Waals surface area contributed by atoms with Gasteiger partial charge in [-0.2, -0.15) is 0 Å². The number of carbonyl (C=O) groups excluding carboxylic acids is 2. The largest absolute Gasteiger partial charge is 0.506 e. The molecule has 1 aliphatic carbocycles. The Morgan fingerprint density at radius 1 is 0.958 bits per heavy atom. The first-order valence-corrected chi connectivity index (χ1v) is 7.39. The lowest BCUT2D eigenvalue weighted by Crippen LogP contribution is -2.23. The molecule has 0 amide bonds. The summed E-state index contributed by atoms with van der Waals surface area (Å²) in [5.41, 5.74) is 1.46. The summed E-state index contributed by atoms with van der Waals surface area (Å²) in [7, 11) is 0. The quantitative estimate of drug-likeness (QED) is 0.670. The number of benzene rings is 2. The van der Waals surface area contributed by atoms with Gasteiger partial charge in [0.1, 0.15) is 11.6 Å². The molecule has 0 spiro atoms. The summed E-state index contributed by atoms with van der Waals surface area (Å²) in [5.74, 6) is -2.22. The summed E-state index contributed by atoms with van der Waals surface area (Å²) in [6, 6.07) is 11.0. The lowest BCUT2D eigenvalue weighted by atomic mass is 9.86. The third kappa shape index (κ3) is 1.78. The molecule has 0 bridgehead atoms. The zero-order valence-electron chi connectivity index (χ0n) is 12.7. The molecule has 0 radical (unpaired) electrons. The van der Waals surface area contributed by atoms with Crippen molar-refractivity contribution in [2.75, 3.05) is 0 Å². The van der Waals surface area contributed by atoms with Crippen LogP contribution in [0.25, 0.3) is 22.2 Å². The molecular formula is C19H12FNO3. The Kier molecular flexibility index (Phi) is 2.93. The molecule has 2 N–H and O–H groups in total. The lowest BCUT2D eigenvalue weighted by Gasteiger charge is -2.17. The zero-order valence-corrected chi connectivity index (χ0v) is 12.7. The summed E-state index contributed by atoms with van der Waals surface area (Å²) in [6.45, 7) is 1.71. The maximum atomic E-state index is 14.0. The van der Waals surface area contributed by atoms with Crippen LogP contribution >= 0.6 is 0 Å². The Morgan fingerprint density at radius 2 is 1.67 bits per heavy atom. The number of aromatic nitrogens is 1. The fraction of sp³-hybridized carbons (Fsp3) is 0.0526. The van der Waals surface area contributed by atoms with E-state index >= 15 is 0 Å². The van der Waals surface area contributed by atoms with Crippen LogP contribution in [0.15, 0.2) is 42.5 Å². The third-order valence-electron chi connectivity index (χ3n) is 4.39. The van der Waals surface area contributed by atoms with E-state index in [0.29, 0.717) is 16.5 Å². The topological polar surface area (TPSA) is 70.2 Å². The van der Waals surface area contributed by atoms with Crippen LogP contribution in [0.3, 0.4) is 0 Å². The van der Waals surface area contributed by atoms with Gasteiger partial charge in [-0.1, -0.05) is 36.4 Å². The number of ketones is 2. The van der Waals surface area contributed by atoms with E-state index in [1.165, 1.54) is 12.1 Å². The van der Waals surface area contributed by atoms with Gasteiger partial charge in [-0.15, -0.1) is 0 Å². The highest BCUT2D eigenvalue weighted by Crippen LogP contribution is 2.36. The van der Waals surface area contributed by atoms with Crippen LogP contribution in [0.1, 0.15) is 27.2 Å². The monoisotopic (exact) mass is 321 g/mol. The van der Waals surface area contributed by atoms with Gasteiger partial charge in [0.25, 0.3) is 0 Å². The smallest absolute Gasteiger partial charge is 0.239 e. The lowest BCUT2D eigenvalue weighted by molar-refractivity contribution is -0.110. The standard InChI is InChI=1S/C19H12FNO3/c1-9-10-7-4-8-13(20)16(10)21-15(9)14-17(22)11-5-2-3-6-12(11)18(23)19(14)24/h2-8,21-22H,1H3. The minimum absolute atomic E-state index is 0.119. The molecule has 24 heavy (non-hydrogen) atoms. The van der Waals surface area contributed by atoms with E-state index in [0.717, 1.165) is 0 Å². The van der Waals surface area contributed by atoms with Crippen LogP contribution in [0, 0.1) is 12.7 Å². The molecule has 5 heteroatoms. The molecule has 1 aliphatic rings. The molecule has 1 aromatic heterocycles. The van der Waals surface area contributed by atoms with Crippen LogP contribution < -0.4 is 0 Å². The number of hydrogen-bond donors (Lipinski definition) is 2. The van der Waals surface area contributed by atoms with Crippen molar-refractivity contribution in [3.63, 3.8) is 0 Å². The van der Waals surface area contributed by atoms with E-state index in [1.54, 1.807) is 37.3 Å². The van der Waals surface area contributed by atoms with Crippen LogP contribution in [0.5, 0.6) is 0 Å². The molecule has 3 aromatic rings. The Balaban J connectivity index is 2.06. The molecule has 0 saturated carbocycles. The van der Waals surface area contributed by atoms with Gasteiger partial charge in [-0.3, -0.25) is 9.59 Å². The average molecular weight is 321 g/mol. The van der Waals surface area contributed by atoms with E-state index in [-0.39, 0.29) is 28.1 Å². The fourth-order valence-electron chi connectivity index (χ4n) is 3.16. The summed E-state index contributed by atoms with van der Waals surface area (Å²) in [6.07, 6.45) is 0. The number of H-pyrrole nitrogens is 1. The fourth-order valence-corrected chi connectivity index (χ4v) is 3.16. The number of rotatable bonds is 1. The van der Waals surface area contributed by atoms with Gasteiger partial charge in [0.05, 0.1) is 16.8 Å². The minimum Gasteiger partial charge on any atom is -0.506 e. The number of aliphatic hydroxyl groups excluding tert-OH is 1. The van der Waals surface area contributed by atoms with Crippen molar-refractivity contribution in [1.82, 2.24) is 4.98 Å². The number of hydrogen-bond acceptors (Lipinski definition) is 3. The first-order chi connectivity index (χ1) is 11.5. The maximum absolute atomic E-state index is 14.0. The molecule has 4 nitrogen and oxygen atoms in total. The molecule has 0 fully saturated rings. The third-order valence-corrected chi connectivity index (χ3v) is 4.39. The second-order valence-electron chi connectivity index (χ2n) is 5.71. The van der Waals surface area contributed by atoms with Gasteiger partial charge < -0.3 is 10.1 Å². The van der Waals surface area contributed by atoms with E-state index in [4.69, 9.17) is 0 Å². The maximum Gasteiger partial charge on any atom is 0.239 e. The van der Waals surface area contributed by atoms with Crippen molar-refractivity contribution in [2.45, 2.75) is 6.92 Å². The van der Waals surface area contributed by atoms with Crippen molar-refractivity contribution in [1.29, 1.82) is 0 Å². The van der Waals surface area contributed by atoms with Gasteiger partial charge in [0, 0.05) is 16.5 Å². The minimum atomic E-state index is -0.804. The molecule has 0 aliphatic heterocycles. The predicted molar refractivity (Wildman–Crippen MR) is 88.2 cm³/mol. The number of aliphatic hydroxyl groups is 1. The number of allylic oxidation sites excluding steroid dienone is 1. The number of fused-ring (bicyclic) bond motifs is 2. The normalized spacial score (nSPS) is 14.4. The Labute approximate surface area is 136 Å². The molecule has 1 heterocycles.